The minimum atomic E-state index is -0.116. The van der Waals surface area contributed by atoms with Crippen molar-refractivity contribution in [2.75, 3.05) is 13.1 Å². The first-order valence-corrected chi connectivity index (χ1v) is 7.51. The van der Waals surface area contributed by atoms with Crippen molar-refractivity contribution in [3.05, 3.63) is 64.8 Å². The number of carbonyl (C=O) groups is 1. The molecule has 6 nitrogen and oxygen atoms in total. The Morgan fingerprint density at radius 2 is 2.04 bits per heavy atom. The molecule has 1 saturated heterocycles. The fourth-order valence-corrected chi connectivity index (χ4v) is 2.86. The molecule has 6 heteroatoms. The molecule has 1 aromatic carbocycles. The van der Waals surface area contributed by atoms with E-state index in [0.29, 0.717) is 31.0 Å². The van der Waals surface area contributed by atoms with Gasteiger partial charge in [-0.25, -0.2) is 4.68 Å². The van der Waals surface area contributed by atoms with Gasteiger partial charge in [-0.05, 0) is 18.2 Å². The second-order valence-electron chi connectivity index (χ2n) is 5.77. The third-order valence-electron chi connectivity index (χ3n) is 4.10. The van der Waals surface area contributed by atoms with E-state index in [1.807, 2.05) is 24.3 Å². The van der Waals surface area contributed by atoms with Crippen molar-refractivity contribution in [1.82, 2.24) is 14.7 Å². The lowest BCUT2D eigenvalue weighted by atomic mass is 10.00. The highest BCUT2D eigenvalue weighted by Gasteiger charge is 2.33. The Morgan fingerprint density at radius 1 is 1.22 bits per heavy atom. The van der Waals surface area contributed by atoms with E-state index in [-0.39, 0.29) is 17.4 Å². The van der Waals surface area contributed by atoms with Gasteiger partial charge in [0.1, 0.15) is 5.58 Å². The standard InChI is InChI=1S/C17H15N3O3/c21-16-6-3-7-18-20(16)11-12-9-19(10-12)17(22)15-8-13-4-1-2-5-14(13)23-15/h1-8,12H,9-11H2. The normalized spacial score (nSPS) is 14.9. The molecular formula is C17H15N3O3. The molecule has 3 heterocycles. The molecule has 4 rings (SSSR count). The molecule has 0 bridgehead atoms. The van der Waals surface area contributed by atoms with Gasteiger partial charge < -0.3 is 9.32 Å². The first-order valence-electron chi connectivity index (χ1n) is 7.51. The van der Waals surface area contributed by atoms with Gasteiger partial charge in [0.15, 0.2) is 5.76 Å². The summed E-state index contributed by atoms with van der Waals surface area (Å²) in [6.45, 7) is 1.75. The lowest BCUT2D eigenvalue weighted by molar-refractivity contribution is 0.0429. The SMILES string of the molecule is O=C(c1cc2ccccc2o1)N1CC(Cn2ncccc2=O)C1. The molecule has 0 atom stereocenters. The minimum Gasteiger partial charge on any atom is -0.451 e. The van der Waals surface area contributed by atoms with Crippen LogP contribution < -0.4 is 5.56 Å². The lowest BCUT2D eigenvalue weighted by Gasteiger charge is -2.38. The molecule has 0 unspecified atom stereocenters. The van der Waals surface area contributed by atoms with Crippen LogP contribution in [0.1, 0.15) is 10.6 Å². The number of rotatable bonds is 3. The third-order valence-corrected chi connectivity index (χ3v) is 4.10. The molecule has 116 valence electrons. The summed E-state index contributed by atoms with van der Waals surface area (Å²) >= 11 is 0. The molecule has 0 N–H and O–H groups in total. The smallest absolute Gasteiger partial charge is 0.289 e. The number of furan rings is 1. The van der Waals surface area contributed by atoms with Crippen LogP contribution in [0.3, 0.4) is 0 Å². The molecule has 1 amide bonds. The number of carbonyl (C=O) groups excluding carboxylic acids is 1. The first-order chi connectivity index (χ1) is 11.2. The molecule has 0 spiro atoms. The highest BCUT2D eigenvalue weighted by Crippen LogP contribution is 2.24. The predicted molar refractivity (Wildman–Crippen MR) is 84.1 cm³/mol. The number of para-hydroxylation sites is 1. The molecule has 1 aliphatic rings. The van der Waals surface area contributed by atoms with Crippen LogP contribution in [0.15, 0.2) is 57.9 Å². The van der Waals surface area contributed by atoms with Crippen LogP contribution >= 0.6 is 0 Å². The van der Waals surface area contributed by atoms with Gasteiger partial charge in [0.2, 0.25) is 0 Å². The Labute approximate surface area is 131 Å². The molecule has 2 aromatic heterocycles. The van der Waals surface area contributed by atoms with E-state index in [1.54, 1.807) is 23.2 Å². The Hall–Kier alpha value is -2.89. The van der Waals surface area contributed by atoms with Crippen LogP contribution in [0.4, 0.5) is 0 Å². The quantitative estimate of drug-likeness (QED) is 0.739. The Balaban J connectivity index is 1.42. The highest BCUT2D eigenvalue weighted by molar-refractivity contribution is 5.96. The number of nitrogens with zero attached hydrogens (tertiary/aromatic N) is 3. The number of fused-ring (bicyclic) bond motifs is 1. The van der Waals surface area contributed by atoms with E-state index in [4.69, 9.17) is 4.42 Å². The van der Waals surface area contributed by atoms with E-state index >= 15 is 0 Å². The summed E-state index contributed by atoms with van der Waals surface area (Å²) in [5.74, 6) is 0.501. The number of likely N-dealkylation sites (tertiary alicyclic amines) is 1. The Morgan fingerprint density at radius 3 is 2.83 bits per heavy atom. The first kappa shape index (κ1) is 13.8. The number of aromatic nitrogens is 2. The summed E-state index contributed by atoms with van der Waals surface area (Å²) in [5.41, 5.74) is 0.600. The topological polar surface area (TPSA) is 68.3 Å². The number of amides is 1. The summed E-state index contributed by atoms with van der Waals surface area (Å²) in [4.78, 5) is 25.8. The molecule has 0 radical (unpaired) electrons. The van der Waals surface area contributed by atoms with Crippen LogP contribution in [0.2, 0.25) is 0 Å². The van der Waals surface area contributed by atoms with Crippen LogP contribution in [-0.4, -0.2) is 33.7 Å². The maximum atomic E-state index is 12.4. The van der Waals surface area contributed by atoms with Crippen LogP contribution in [0.25, 0.3) is 11.0 Å². The van der Waals surface area contributed by atoms with Crippen molar-refractivity contribution in [2.45, 2.75) is 6.54 Å². The van der Waals surface area contributed by atoms with Crippen molar-refractivity contribution in [3.63, 3.8) is 0 Å². The van der Waals surface area contributed by atoms with E-state index in [9.17, 15) is 9.59 Å². The van der Waals surface area contributed by atoms with Gasteiger partial charge in [-0.3, -0.25) is 9.59 Å². The fourth-order valence-electron chi connectivity index (χ4n) is 2.86. The van der Waals surface area contributed by atoms with Crippen molar-refractivity contribution in [1.29, 1.82) is 0 Å². The van der Waals surface area contributed by atoms with Gasteiger partial charge in [0, 0.05) is 36.7 Å². The molecule has 0 aliphatic carbocycles. The summed E-state index contributed by atoms with van der Waals surface area (Å²) < 4.78 is 7.04. The summed E-state index contributed by atoms with van der Waals surface area (Å²) in [6.07, 6.45) is 1.59. The Bertz CT molecular complexity index is 889. The van der Waals surface area contributed by atoms with Gasteiger partial charge in [0.25, 0.3) is 11.5 Å². The van der Waals surface area contributed by atoms with Gasteiger partial charge in [-0.15, -0.1) is 0 Å². The van der Waals surface area contributed by atoms with Gasteiger partial charge in [-0.2, -0.15) is 5.10 Å². The maximum absolute atomic E-state index is 12.4. The molecule has 0 saturated carbocycles. The Kier molecular flexibility index (Phi) is 3.22. The van der Waals surface area contributed by atoms with E-state index in [0.717, 1.165) is 5.39 Å². The zero-order valence-electron chi connectivity index (χ0n) is 12.4. The molecule has 3 aromatic rings. The van der Waals surface area contributed by atoms with Crippen molar-refractivity contribution in [2.24, 2.45) is 5.92 Å². The zero-order chi connectivity index (χ0) is 15.8. The van der Waals surface area contributed by atoms with Crippen molar-refractivity contribution >= 4 is 16.9 Å². The summed E-state index contributed by atoms with van der Waals surface area (Å²) in [6, 6.07) is 12.4. The fraction of sp³-hybridized carbons (Fsp3) is 0.235. The van der Waals surface area contributed by atoms with Gasteiger partial charge >= 0.3 is 0 Å². The monoisotopic (exact) mass is 309 g/mol. The van der Waals surface area contributed by atoms with Gasteiger partial charge in [-0.1, -0.05) is 18.2 Å². The van der Waals surface area contributed by atoms with E-state index in [2.05, 4.69) is 5.10 Å². The third kappa shape index (κ3) is 2.52. The average molecular weight is 309 g/mol. The van der Waals surface area contributed by atoms with Crippen molar-refractivity contribution < 1.29 is 9.21 Å². The average Bonchev–Trinajstić information content (AvgIpc) is 2.95. The number of hydrogen-bond acceptors (Lipinski definition) is 4. The summed E-state index contributed by atoms with van der Waals surface area (Å²) in [5, 5.41) is 4.96. The second kappa shape index (κ2) is 5.39. The number of hydrogen-bond donors (Lipinski definition) is 0. The summed E-state index contributed by atoms with van der Waals surface area (Å²) in [7, 11) is 0. The minimum absolute atomic E-state index is 0.106. The maximum Gasteiger partial charge on any atom is 0.289 e. The second-order valence-corrected chi connectivity index (χ2v) is 5.77. The van der Waals surface area contributed by atoms with Crippen molar-refractivity contribution in [3.8, 4) is 0 Å². The molecule has 23 heavy (non-hydrogen) atoms. The van der Waals surface area contributed by atoms with Gasteiger partial charge in [0.05, 0.1) is 6.54 Å². The van der Waals surface area contributed by atoms with Crippen LogP contribution in [0.5, 0.6) is 0 Å². The van der Waals surface area contributed by atoms with E-state index < -0.39 is 0 Å². The lowest BCUT2D eigenvalue weighted by Crippen LogP contribution is -2.52. The predicted octanol–water partition coefficient (Wildman–Crippen LogP) is 1.76. The van der Waals surface area contributed by atoms with E-state index in [1.165, 1.54) is 10.7 Å². The molecular weight excluding hydrogens is 294 g/mol. The zero-order valence-corrected chi connectivity index (χ0v) is 12.4. The van der Waals surface area contributed by atoms with Crippen LogP contribution in [0, 0.1) is 5.92 Å². The van der Waals surface area contributed by atoms with Crippen LogP contribution in [-0.2, 0) is 6.54 Å². The molecule has 1 fully saturated rings. The number of benzene rings is 1. The highest BCUT2D eigenvalue weighted by atomic mass is 16.3. The molecule has 1 aliphatic heterocycles. The largest absolute Gasteiger partial charge is 0.451 e.